The summed E-state index contributed by atoms with van der Waals surface area (Å²) in [6.45, 7) is 0. The fourth-order valence-electron chi connectivity index (χ4n) is 1.47. The molecule has 5 nitrogen and oxygen atoms in total. The van der Waals surface area contributed by atoms with Gasteiger partial charge in [0.05, 0.1) is 18.2 Å². The molecule has 0 saturated heterocycles. The van der Waals surface area contributed by atoms with Gasteiger partial charge < -0.3 is 9.47 Å². The molecule has 2 aromatic rings. The average Bonchev–Trinajstić information content (AvgIpc) is 2.49. The van der Waals surface area contributed by atoms with Crippen molar-refractivity contribution >= 4 is 17.6 Å². The first kappa shape index (κ1) is 13.8. The van der Waals surface area contributed by atoms with Gasteiger partial charge in [0.2, 0.25) is 5.88 Å². The number of hydrogen-bond donors (Lipinski definition) is 0. The van der Waals surface area contributed by atoms with Crippen LogP contribution in [-0.4, -0.2) is 18.1 Å². The number of methoxy groups -OCH3 is 1. The molecular formula is C14H9ClN2O3. The third-order valence-corrected chi connectivity index (χ3v) is 2.83. The van der Waals surface area contributed by atoms with Crippen LogP contribution >= 0.6 is 11.6 Å². The van der Waals surface area contributed by atoms with Gasteiger partial charge in [0, 0.05) is 6.20 Å². The van der Waals surface area contributed by atoms with Crippen molar-refractivity contribution in [1.82, 2.24) is 4.98 Å². The highest BCUT2D eigenvalue weighted by Crippen LogP contribution is 2.29. The minimum atomic E-state index is -0.431. The highest BCUT2D eigenvalue weighted by molar-refractivity contribution is 6.33. The molecule has 1 aromatic carbocycles. The van der Waals surface area contributed by atoms with Crippen molar-refractivity contribution in [2.24, 2.45) is 0 Å². The number of esters is 1. The summed E-state index contributed by atoms with van der Waals surface area (Å²) in [5, 5.41) is 9.01. The molecule has 0 amide bonds. The molecule has 2 rings (SSSR count). The standard InChI is InChI=1S/C14H9ClN2O3/c1-19-14(18)9-2-4-11(5-3-9)20-13-12(15)10(8-16)6-7-17-13/h2-7H,1H3. The summed E-state index contributed by atoms with van der Waals surface area (Å²) in [5.41, 5.74) is 0.688. The lowest BCUT2D eigenvalue weighted by molar-refractivity contribution is 0.0600. The van der Waals surface area contributed by atoms with E-state index in [2.05, 4.69) is 9.72 Å². The van der Waals surface area contributed by atoms with E-state index in [0.717, 1.165) is 0 Å². The molecule has 0 aliphatic rings. The van der Waals surface area contributed by atoms with Crippen LogP contribution in [0.3, 0.4) is 0 Å². The molecule has 0 unspecified atom stereocenters. The summed E-state index contributed by atoms with van der Waals surface area (Å²) >= 11 is 5.98. The van der Waals surface area contributed by atoms with Crippen molar-refractivity contribution in [3.8, 4) is 17.7 Å². The number of nitrogens with zero attached hydrogens (tertiary/aromatic N) is 2. The smallest absolute Gasteiger partial charge is 0.337 e. The van der Waals surface area contributed by atoms with Crippen LogP contribution in [0.2, 0.25) is 5.02 Å². The average molecular weight is 289 g/mol. The van der Waals surface area contributed by atoms with Crippen molar-refractivity contribution in [1.29, 1.82) is 5.26 Å². The van der Waals surface area contributed by atoms with Gasteiger partial charge in [-0.2, -0.15) is 5.26 Å². The molecule has 0 spiro atoms. The van der Waals surface area contributed by atoms with Gasteiger partial charge in [-0.15, -0.1) is 0 Å². The van der Waals surface area contributed by atoms with Crippen LogP contribution in [0.1, 0.15) is 15.9 Å². The maximum absolute atomic E-state index is 11.3. The van der Waals surface area contributed by atoms with Gasteiger partial charge in [0.1, 0.15) is 16.8 Å². The molecule has 6 heteroatoms. The number of pyridine rings is 1. The fraction of sp³-hybridized carbons (Fsp3) is 0.0714. The number of rotatable bonds is 3. The summed E-state index contributed by atoms with van der Waals surface area (Å²) in [6.07, 6.45) is 1.43. The largest absolute Gasteiger partial charge is 0.465 e. The SMILES string of the molecule is COC(=O)c1ccc(Oc2nccc(C#N)c2Cl)cc1. The first-order valence-corrected chi connectivity index (χ1v) is 5.94. The van der Waals surface area contributed by atoms with Crippen LogP contribution in [0.25, 0.3) is 0 Å². The van der Waals surface area contributed by atoms with Crippen molar-refractivity contribution in [3.63, 3.8) is 0 Å². The first-order chi connectivity index (χ1) is 9.65. The molecule has 0 saturated carbocycles. The maximum Gasteiger partial charge on any atom is 0.337 e. The zero-order valence-electron chi connectivity index (χ0n) is 10.5. The molecule has 1 aromatic heterocycles. The number of carbonyl (C=O) groups excluding carboxylic acids is 1. The third-order valence-electron chi connectivity index (χ3n) is 2.47. The van der Waals surface area contributed by atoms with Gasteiger partial charge in [0.25, 0.3) is 0 Å². The lowest BCUT2D eigenvalue weighted by Gasteiger charge is -2.07. The topological polar surface area (TPSA) is 72.2 Å². The summed E-state index contributed by atoms with van der Waals surface area (Å²) in [6, 6.07) is 9.73. The second kappa shape index (κ2) is 6.04. The Morgan fingerprint density at radius 1 is 1.30 bits per heavy atom. The van der Waals surface area contributed by atoms with E-state index < -0.39 is 5.97 Å². The van der Waals surface area contributed by atoms with Crippen molar-refractivity contribution in [2.75, 3.05) is 7.11 Å². The number of aromatic nitrogens is 1. The summed E-state index contributed by atoms with van der Waals surface area (Å²) in [5.74, 6) is 0.151. The Bertz CT molecular complexity index is 678. The normalized spacial score (nSPS) is 9.65. The molecule has 0 N–H and O–H groups in total. The number of halogens is 1. The van der Waals surface area contributed by atoms with Gasteiger partial charge in [0.15, 0.2) is 0 Å². The molecule has 100 valence electrons. The van der Waals surface area contributed by atoms with Crippen molar-refractivity contribution in [2.45, 2.75) is 0 Å². The second-order valence-electron chi connectivity index (χ2n) is 3.71. The van der Waals surface area contributed by atoms with Gasteiger partial charge in [-0.05, 0) is 30.3 Å². The molecule has 0 radical (unpaired) electrons. The van der Waals surface area contributed by atoms with Gasteiger partial charge in [-0.1, -0.05) is 11.6 Å². The minimum Gasteiger partial charge on any atom is -0.465 e. The van der Waals surface area contributed by atoms with Crippen LogP contribution in [0.15, 0.2) is 36.5 Å². The Morgan fingerprint density at radius 2 is 2.00 bits per heavy atom. The molecular weight excluding hydrogens is 280 g/mol. The summed E-state index contributed by atoms with van der Waals surface area (Å²) in [7, 11) is 1.31. The fourth-order valence-corrected chi connectivity index (χ4v) is 1.66. The second-order valence-corrected chi connectivity index (χ2v) is 4.09. The Kier molecular flexibility index (Phi) is 4.18. The monoisotopic (exact) mass is 288 g/mol. The molecule has 1 heterocycles. The highest BCUT2D eigenvalue weighted by Gasteiger charge is 2.10. The number of benzene rings is 1. The van der Waals surface area contributed by atoms with Gasteiger partial charge in [-0.3, -0.25) is 0 Å². The quantitative estimate of drug-likeness (QED) is 0.811. The van der Waals surface area contributed by atoms with E-state index in [1.165, 1.54) is 19.4 Å². The maximum atomic E-state index is 11.3. The Hall–Kier alpha value is -2.58. The Balaban J connectivity index is 2.23. The molecule has 0 bridgehead atoms. The molecule has 0 aliphatic heterocycles. The van der Waals surface area contributed by atoms with E-state index >= 15 is 0 Å². The van der Waals surface area contributed by atoms with E-state index in [1.54, 1.807) is 24.3 Å². The van der Waals surface area contributed by atoms with Crippen molar-refractivity contribution < 1.29 is 14.3 Å². The zero-order chi connectivity index (χ0) is 14.5. The van der Waals surface area contributed by atoms with Crippen LogP contribution in [0.4, 0.5) is 0 Å². The third kappa shape index (κ3) is 2.87. The Labute approximate surface area is 120 Å². The Morgan fingerprint density at radius 3 is 2.60 bits per heavy atom. The number of ether oxygens (including phenoxy) is 2. The lowest BCUT2D eigenvalue weighted by Crippen LogP contribution is -2.00. The predicted molar refractivity (Wildman–Crippen MR) is 71.8 cm³/mol. The van der Waals surface area contributed by atoms with E-state index in [9.17, 15) is 4.79 Å². The number of carbonyl (C=O) groups is 1. The molecule has 0 aliphatic carbocycles. The number of hydrogen-bond acceptors (Lipinski definition) is 5. The zero-order valence-corrected chi connectivity index (χ0v) is 11.2. The van der Waals surface area contributed by atoms with E-state index in [0.29, 0.717) is 11.3 Å². The number of nitriles is 1. The predicted octanol–water partition coefficient (Wildman–Crippen LogP) is 3.19. The molecule has 0 atom stereocenters. The van der Waals surface area contributed by atoms with Crippen LogP contribution in [-0.2, 0) is 4.74 Å². The van der Waals surface area contributed by atoms with Crippen LogP contribution < -0.4 is 4.74 Å². The van der Waals surface area contributed by atoms with Gasteiger partial charge in [-0.25, -0.2) is 9.78 Å². The lowest BCUT2D eigenvalue weighted by atomic mass is 10.2. The van der Waals surface area contributed by atoms with Crippen molar-refractivity contribution in [3.05, 3.63) is 52.7 Å². The van der Waals surface area contributed by atoms with E-state index in [1.807, 2.05) is 6.07 Å². The van der Waals surface area contributed by atoms with Gasteiger partial charge >= 0.3 is 5.97 Å². The molecule has 20 heavy (non-hydrogen) atoms. The summed E-state index contributed by atoms with van der Waals surface area (Å²) in [4.78, 5) is 15.2. The van der Waals surface area contributed by atoms with E-state index in [4.69, 9.17) is 21.6 Å². The van der Waals surface area contributed by atoms with Crippen LogP contribution in [0.5, 0.6) is 11.6 Å². The highest BCUT2D eigenvalue weighted by atomic mass is 35.5. The minimum absolute atomic E-state index is 0.136. The molecule has 0 fully saturated rings. The first-order valence-electron chi connectivity index (χ1n) is 5.56. The van der Waals surface area contributed by atoms with Crippen LogP contribution in [0, 0.1) is 11.3 Å². The van der Waals surface area contributed by atoms with E-state index in [-0.39, 0.29) is 16.5 Å². The summed E-state index contributed by atoms with van der Waals surface area (Å²) < 4.78 is 10.1.